The van der Waals surface area contributed by atoms with E-state index in [4.69, 9.17) is 11.6 Å². The summed E-state index contributed by atoms with van der Waals surface area (Å²) in [5, 5.41) is 10.2. The second-order valence-electron chi connectivity index (χ2n) is 5.04. The van der Waals surface area contributed by atoms with Crippen LogP contribution in [0.1, 0.15) is 11.4 Å². The number of nitrogens with zero attached hydrogens (tertiary/aromatic N) is 2. The van der Waals surface area contributed by atoms with Crippen LogP contribution in [0.2, 0.25) is 5.02 Å². The monoisotopic (exact) mass is 333 g/mol. The molecule has 3 aromatic rings. The summed E-state index contributed by atoms with van der Waals surface area (Å²) in [7, 11) is 0. The van der Waals surface area contributed by atoms with E-state index in [2.05, 4.69) is 16.0 Å². The van der Waals surface area contributed by atoms with Gasteiger partial charge in [0.05, 0.1) is 16.5 Å². The fourth-order valence-corrected chi connectivity index (χ4v) is 2.40. The zero-order chi connectivity index (χ0) is 16.9. The summed E-state index contributed by atoms with van der Waals surface area (Å²) in [6.07, 6.45) is 5.24. The van der Waals surface area contributed by atoms with Crippen molar-refractivity contribution >= 4 is 34.2 Å². The number of aromatic nitrogens is 2. The molecule has 0 atom stereocenters. The molecule has 24 heavy (non-hydrogen) atoms. The lowest BCUT2D eigenvalue weighted by Gasteiger charge is -2.01. The smallest absolute Gasteiger partial charge is 0.259 e. The van der Waals surface area contributed by atoms with E-state index >= 15 is 0 Å². The van der Waals surface area contributed by atoms with Gasteiger partial charge in [-0.15, -0.1) is 0 Å². The summed E-state index contributed by atoms with van der Waals surface area (Å²) in [6, 6.07) is 16.6. The summed E-state index contributed by atoms with van der Waals surface area (Å²) in [5.41, 5.74) is 1.45. The predicted octanol–water partition coefficient (Wildman–Crippen LogP) is 4.20. The van der Waals surface area contributed by atoms with Crippen molar-refractivity contribution in [2.24, 2.45) is 0 Å². The number of benzene rings is 2. The average molecular weight is 334 g/mol. The van der Waals surface area contributed by atoms with E-state index in [1.54, 1.807) is 30.4 Å². The van der Waals surface area contributed by atoms with Gasteiger partial charge < -0.3 is 4.98 Å². The first-order valence-corrected chi connectivity index (χ1v) is 7.58. The molecule has 3 rings (SSSR count). The van der Waals surface area contributed by atoms with Crippen molar-refractivity contribution in [3.63, 3.8) is 0 Å². The van der Waals surface area contributed by atoms with Crippen molar-refractivity contribution in [2.45, 2.75) is 0 Å². The Morgan fingerprint density at radius 2 is 2.00 bits per heavy atom. The molecule has 0 aliphatic heterocycles. The molecule has 0 amide bonds. The highest BCUT2D eigenvalue weighted by Crippen LogP contribution is 2.16. The minimum atomic E-state index is -0.328. The van der Waals surface area contributed by atoms with Gasteiger partial charge in [0.2, 0.25) is 0 Å². The summed E-state index contributed by atoms with van der Waals surface area (Å²) >= 11 is 5.89. The number of nitrogens with one attached hydrogen (secondary N) is 1. The number of rotatable bonds is 3. The van der Waals surface area contributed by atoms with E-state index in [1.165, 1.54) is 0 Å². The fraction of sp³-hybridized carbons (Fsp3) is 0. The highest BCUT2D eigenvalue weighted by atomic mass is 35.5. The van der Waals surface area contributed by atoms with Crippen molar-refractivity contribution in [1.82, 2.24) is 9.97 Å². The van der Waals surface area contributed by atoms with Gasteiger partial charge in [-0.05, 0) is 29.8 Å². The quantitative estimate of drug-likeness (QED) is 0.577. The Bertz CT molecular complexity index is 1040. The molecule has 0 aliphatic carbocycles. The van der Waals surface area contributed by atoms with Crippen molar-refractivity contribution in [1.29, 1.82) is 5.26 Å². The number of H-pyrrole nitrogens is 1. The van der Waals surface area contributed by atoms with Gasteiger partial charge in [-0.3, -0.25) is 4.79 Å². The van der Waals surface area contributed by atoms with Crippen LogP contribution in [0.3, 0.4) is 0 Å². The lowest BCUT2D eigenvalue weighted by Crippen LogP contribution is -2.11. The molecule has 1 N–H and O–H groups in total. The van der Waals surface area contributed by atoms with Crippen LogP contribution in [0, 0.1) is 11.3 Å². The highest BCUT2D eigenvalue weighted by molar-refractivity contribution is 6.31. The first-order chi connectivity index (χ1) is 11.7. The summed E-state index contributed by atoms with van der Waals surface area (Å²) in [4.78, 5) is 19.1. The largest absolute Gasteiger partial charge is 0.305 e. The maximum atomic E-state index is 12.2. The van der Waals surface area contributed by atoms with Crippen LogP contribution >= 0.6 is 11.6 Å². The van der Waals surface area contributed by atoms with E-state index in [0.29, 0.717) is 15.9 Å². The zero-order valence-electron chi connectivity index (χ0n) is 12.5. The number of aromatic amines is 1. The van der Waals surface area contributed by atoms with Crippen LogP contribution in [-0.2, 0) is 0 Å². The molecule has 1 aromatic heterocycles. The van der Waals surface area contributed by atoms with Gasteiger partial charge in [-0.1, -0.05) is 54.1 Å². The van der Waals surface area contributed by atoms with Gasteiger partial charge in [-0.2, -0.15) is 5.26 Å². The van der Waals surface area contributed by atoms with E-state index in [-0.39, 0.29) is 17.0 Å². The number of hydrogen-bond acceptors (Lipinski definition) is 3. The molecule has 116 valence electrons. The van der Waals surface area contributed by atoms with Crippen LogP contribution in [0.5, 0.6) is 0 Å². The number of hydrogen-bond donors (Lipinski definition) is 1. The Morgan fingerprint density at radius 3 is 2.75 bits per heavy atom. The lowest BCUT2D eigenvalue weighted by molar-refractivity contribution is 1.13. The summed E-state index contributed by atoms with van der Waals surface area (Å²) < 4.78 is 0. The van der Waals surface area contributed by atoms with Crippen LogP contribution in [-0.4, -0.2) is 9.97 Å². The standard InChI is InChI=1S/C19H12ClN3O/c20-15-9-10-17-16(11-15)19(24)23-18(22-17)14(12-21)8-4-7-13-5-2-1-3-6-13/h1-11H,(H,22,23,24)/b7-4+,14-8+. The van der Waals surface area contributed by atoms with E-state index in [0.717, 1.165) is 5.56 Å². The van der Waals surface area contributed by atoms with Gasteiger partial charge in [0.15, 0.2) is 5.82 Å². The molecule has 0 saturated carbocycles. The number of halogens is 1. The third kappa shape index (κ3) is 3.43. The second kappa shape index (κ2) is 6.95. The van der Waals surface area contributed by atoms with E-state index < -0.39 is 0 Å². The van der Waals surface area contributed by atoms with E-state index in [9.17, 15) is 10.1 Å². The Labute approximate surface area is 143 Å². The fourth-order valence-electron chi connectivity index (χ4n) is 2.23. The first kappa shape index (κ1) is 15.7. The van der Waals surface area contributed by atoms with Gasteiger partial charge >= 0.3 is 0 Å². The Hall–Kier alpha value is -3.16. The number of nitriles is 1. The van der Waals surface area contributed by atoms with Crippen molar-refractivity contribution < 1.29 is 0 Å². The van der Waals surface area contributed by atoms with Gasteiger partial charge in [-0.25, -0.2) is 4.98 Å². The minimum absolute atomic E-state index is 0.232. The van der Waals surface area contributed by atoms with E-state index in [1.807, 2.05) is 36.4 Å². The molecule has 1 heterocycles. The second-order valence-corrected chi connectivity index (χ2v) is 5.47. The highest BCUT2D eigenvalue weighted by Gasteiger charge is 2.07. The predicted molar refractivity (Wildman–Crippen MR) is 96.4 cm³/mol. The Kier molecular flexibility index (Phi) is 4.55. The SMILES string of the molecule is N#C/C(=C\C=C\c1ccccc1)c1nc2ccc(Cl)cc2c(=O)[nH]1. The molecule has 0 aliphatic rings. The van der Waals surface area contributed by atoms with Gasteiger partial charge in [0.1, 0.15) is 6.07 Å². The molecular formula is C19H12ClN3O. The summed E-state index contributed by atoms with van der Waals surface area (Å²) in [5.74, 6) is 0.232. The third-order valence-corrected chi connectivity index (χ3v) is 3.63. The van der Waals surface area contributed by atoms with Gasteiger partial charge in [0, 0.05) is 5.02 Å². The van der Waals surface area contributed by atoms with Crippen LogP contribution in [0.4, 0.5) is 0 Å². The van der Waals surface area contributed by atoms with Crippen molar-refractivity contribution in [3.8, 4) is 6.07 Å². The number of allylic oxidation sites excluding steroid dienone is 3. The van der Waals surface area contributed by atoms with Gasteiger partial charge in [0.25, 0.3) is 5.56 Å². The van der Waals surface area contributed by atoms with Crippen molar-refractivity contribution in [3.05, 3.63) is 87.4 Å². The van der Waals surface area contributed by atoms with Crippen LogP contribution in [0.25, 0.3) is 22.6 Å². The molecule has 0 radical (unpaired) electrons. The zero-order valence-corrected chi connectivity index (χ0v) is 13.3. The average Bonchev–Trinajstić information content (AvgIpc) is 2.60. The molecular weight excluding hydrogens is 322 g/mol. The lowest BCUT2D eigenvalue weighted by atomic mass is 10.2. The molecule has 0 spiro atoms. The molecule has 5 heteroatoms. The summed E-state index contributed by atoms with van der Waals surface area (Å²) in [6.45, 7) is 0. The first-order valence-electron chi connectivity index (χ1n) is 7.21. The minimum Gasteiger partial charge on any atom is -0.305 e. The molecule has 4 nitrogen and oxygen atoms in total. The van der Waals surface area contributed by atoms with Crippen molar-refractivity contribution in [2.75, 3.05) is 0 Å². The van der Waals surface area contributed by atoms with Crippen LogP contribution in [0.15, 0.2) is 65.5 Å². The molecule has 0 bridgehead atoms. The van der Waals surface area contributed by atoms with Crippen LogP contribution < -0.4 is 5.56 Å². The normalized spacial score (nSPS) is 11.8. The maximum absolute atomic E-state index is 12.2. The molecule has 0 fully saturated rings. The Morgan fingerprint density at radius 1 is 1.21 bits per heavy atom. The maximum Gasteiger partial charge on any atom is 0.259 e. The topological polar surface area (TPSA) is 69.5 Å². The third-order valence-electron chi connectivity index (χ3n) is 3.39. The molecule has 0 saturated heterocycles. The Balaban J connectivity index is 1.99. The molecule has 0 unspecified atom stereocenters. The molecule has 2 aromatic carbocycles. The number of fused-ring (bicyclic) bond motifs is 1.